The summed E-state index contributed by atoms with van der Waals surface area (Å²) in [6.07, 6.45) is 2.35. The predicted molar refractivity (Wildman–Crippen MR) is 92.9 cm³/mol. The van der Waals surface area contributed by atoms with Crippen LogP contribution in [-0.4, -0.2) is 71.7 Å². The fourth-order valence-corrected chi connectivity index (χ4v) is 2.74. The Bertz CT molecular complexity index is 589. The van der Waals surface area contributed by atoms with Crippen molar-refractivity contribution in [3.8, 4) is 0 Å². The van der Waals surface area contributed by atoms with Gasteiger partial charge in [-0.05, 0) is 24.5 Å². The highest BCUT2D eigenvalue weighted by molar-refractivity contribution is 5.91. The van der Waals surface area contributed by atoms with Gasteiger partial charge in [-0.25, -0.2) is 0 Å². The van der Waals surface area contributed by atoms with E-state index >= 15 is 0 Å². The third-order valence-electron chi connectivity index (χ3n) is 4.40. The molecule has 2 heterocycles. The van der Waals surface area contributed by atoms with E-state index in [2.05, 4.69) is 13.8 Å². The van der Waals surface area contributed by atoms with Crippen LogP contribution in [0, 0.1) is 5.92 Å². The molecule has 2 rings (SSSR count). The second-order valence-corrected chi connectivity index (χ2v) is 6.77. The highest BCUT2D eigenvalue weighted by Gasteiger charge is 2.27. The number of furan rings is 1. The normalized spacial score (nSPS) is 14.7. The van der Waals surface area contributed by atoms with Gasteiger partial charge in [-0.15, -0.1) is 0 Å². The maximum Gasteiger partial charge on any atom is 0.289 e. The molecule has 1 aliphatic heterocycles. The minimum absolute atomic E-state index is 0.0657. The Morgan fingerprint density at radius 1 is 1.16 bits per heavy atom. The Hall–Kier alpha value is -2.31. The fourth-order valence-electron chi connectivity index (χ4n) is 2.74. The van der Waals surface area contributed by atoms with Gasteiger partial charge in [0.1, 0.15) is 0 Å². The summed E-state index contributed by atoms with van der Waals surface area (Å²) in [5.74, 6) is 0.494. The fraction of sp³-hybridized carbons (Fsp3) is 0.611. The molecule has 1 aliphatic rings. The van der Waals surface area contributed by atoms with Gasteiger partial charge in [-0.3, -0.25) is 14.4 Å². The van der Waals surface area contributed by atoms with Crippen LogP contribution >= 0.6 is 0 Å². The van der Waals surface area contributed by atoms with Crippen LogP contribution in [0.2, 0.25) is 0 Å². The molecule has 1 saturated heterocycles. The van der Waals surface area contributed by atoms with Crippen LogP contribution in [0.3, 0.4) is 0 Å². The maximum atomic E-state index is 12.5. The highest BCUT2D eigenvalue weighted by Crippen LogP contribution is 2.10. The number of carbonyl (C=O) groups excluding carboxylic acids is 3. The molecular weight excluding hydrogens is 322 g/mol. The van der Waals surface area contributed by atoms with Crippen LogP contribution in [0.4, 0.5) is 0 Å². The summed E-state index contributed by atoms with van der Waals surface area (Å²) in [7, 11) is 0. The van der Waals surface area contributed by atoms with E-state index in [1.54, 1.807) is 26.8 Å². The molecule has 138 valence electrons. The molecule has 0 aliphatic carbocycles. The third kappa shape index (κ3) is 5.34. The lowest BCUT2D eigenvalue weighted by atomic mass is 10.1. The number of hydrogen-bond donors (Lipinski definition) is 0. The zero-order chi connectivity index (χ0) is 18.4. The van der Waals surface area contributed by atoms with Crippen LogP contribution in [0.15, 0.2) is 22.8 Å². The van der Waals surface area contributed by atoms with Crippen LogP contribution in [0.1, 0.15) is 37.7 Å². The number of carbonyl (C=O) groups is 3. The van der Waals surface area contributed by atoms with Gasteiger partial charge in [-0.2, -0.15) is 0 Å². The van der Waals surface area contributed by atoms with E-state index in [4.69, 9.17) is 4.42 Å². The smallest absolute Gasteiger partial charge is 0.289 e. The van der Waals surface area contributed by atoms with E-state index in [1.165, 1.54) is 13.2 Å². The second kappa shape index (κ2) is 8.69. The molecule has 0 saturated carbocycles. The number of amides is 3. The molecule has 3 amide bonds. The highest BCUT2D eigenvalue weighted by atomic mass is 16.3. The molecule has 0 atom stereocenters. The van der Waals surface area contributed by atoms with Gasteiger partial charge >= 0.3 is 0 Å². The summed E-state index contributed by atoms with van der Waals surface area (Å²) < 4.78 is 5.13. The van der Waals surface area contributed by atoms with Gasteiger partial charge in [0, 0.05) is 39.6 Å². The van der Waals surface area contributed by atoms with E-state index in [-0.39, 0.29) is 24.3 Å². The molecule has 7 nitrogen and oxygen atoms in total. The topological polar surface area (TPSA) is 74.1 Å². The van der Waals surface area contributed by atoms with Crippen LogP contribution in [-0.2, 0) is 9.59 Å². The minimum atomic E-state index is -0.153. The molecule has 1 fully saturated rings. The van der Waals surface area contributed by atoms with E-state index in [0.29, 0.717) is 44.4 Å². The van der Waals surface area contributed by atoms with Gasteiger partial charge < -0.3 is 19.1 Å². The van der Waals surface area contributed by atoms with E-state index in [1.807, 2.05) is 0 Å². The van der Waals surface area contributed by atoms with Crippen LogP contribution in [0.5, 0.6) is 0 Å². The van der Waals surface area contributed by atoms with Crippen LogP contribution in [0.25, 0.3) is 0 Å². The Labute approximate surface area is 148 Å². The Kier molecular flexibility index (Phi) is 6.61. The number of hydrogen-bond acceptors (Lipinski definition) is 4. The molecule has 0 aromatic carbocycles. The minimum Gasteiger partial charge on any atom is -0.459 e. The molecule has 0 bridgehead atoms. The van der Waals surface area contributed by atoms with Crippen molar-refractivity contribution >= 4 is 17.7 Å². The van der Waals surface area contributed by atoms with Crippen molar-refractivity contribution in [3.05, 3.63) is 24.2 Å². The van der Waals surface area contributed by atoms with E-state index < -0.39 is 0 Å². The first-order valence-corrected chi connectivity index (χ1v) is 8.74. The molecule has 1 aromatic heterocycles. The van der Waals surface area contributed by atoms with Gasteiger partial charge in [0.2, 0.25) is 11.8 Å². The van der Waals surface area contributed by atoms with Gasteiger partial charge in [0.25, 0.3) is 5.91 Å². The standard InChI is InChI=1S/C18H27N3O4/c1-14(2)6-7-21(15(3)22)13-17(23)19-8-10-20(11-9-19)18(24)16-5-4-12-25-16/h4-5,12,14H,6-11,13H2,1-3H3. The van der Waals surface area contributed by atoms with E-state index in [0.717, 1.165) is 6.42 Å². The Morgan fingerprint density at radius 3 is 2.32 bits per heavy atom. The Morgan fingerprint density at radius 2 is 1.80 bits per heavy atom. The number of nitrogens with zero attached hydrogens (tertiary/aromatic N) is 3. The SMILES string of the molecule is CC(=O)N(CCC(C)C)CC(=O)N1CCN(C(=O)c2ccco2)CC1. The molecule has 1 aromatic rings. The molecular formula is C18H27N3O4. The molecule has 7 heteroatoms. The predicted octanol–water partition coefficient (Wildman–Crippen LogP) is 1.46. The monoisotopic (exact) mass is 349 g/mol. The zero-order valence-corrected chi connectivity index (χ0v) is 15.2. The molecule has 0 spiro atoms. The van der Waals surface area contributed by atoms with Crippen molar-refractivity contribution in [2.24, 2.45) is 5.92 Å². The lowest BCUT2D eigenvalue weighted by Crippen LogP contribution is -2.53. The summed E-state index contributed by atoms with van der Waals surface area (Å²) >= 11 is 0. The largest absolute Gasteiger partial charge is 0.459 e. The quantitative estimate of drug-likeness (QED) is 0.779. The summed E-state index contributed by atoms with van der Waals surface area (Å²) in [4.78, 5) is 41.4. The second-order valence-electron chi connectivity index (χ2n) is 6.77. The van der Waals surface area contributed by atoms with Crippen molar-refractivity contribution in [2.45, 2.75) is 27.2 Å². The van der Waals surface area contributed by atoms with Gasteiger partial charge in [0.15, 0.2) is 5.76 Å². The summed E-state index contributed by atoms with van der Waals surface area (Å²) in [6.45, 7) is 8.26. The molecule has 25 heavy (non-hydrogen) atoms. The third-order valence-corrected chi connectivity index (χ3v) is 4.40. The Balaban J connectivity index is 1.83. The summed E-state index contributed by atoms with van der Waals surface area (Å²) in [5, 5.41) is 0. The van der Waals surface area contributed by atoms with Gasteiger partial charge in [-0.1, -0.05) is 13.8 Å². The summed E-state index contributed by atoms with van der Waals surface area (Å²) in [6, 6.07) is 3.32. The van der Waals surface area contributed by atoms with Gasteiger partial charge in [0.05, 0.1) is 12.8 Å². The maximum absolute atomic E-state index is 12.5. The first kappa shape index (κ1) is 19.0. The van der Waals surface area contributed by atoms with Crippen molar-refractivity contribution in [3.63, 3.8) is 0 Å². The van der Waals surface area contributed by atoms with E-state index in [9.17, 15) is 14.4 Å². The number of rotatable bonds is 6. The van der Waals surface area contributed by atoms with Crippen molar-refractivity contribution < 1.29 is 18.8 Å². The first-order chi connectivity index (χ1) is 11.9. The first-order valence-electron chi connectivity index (χ1n) is 8.74. The lowest BCUT2D eigenvalue weighted by Gasteiger charge is -2.35. The molecule has 0 radical (unpaired) electrons. The van der Waals surface area contributed by atoms with Crippen LogP contribution < -0.4 is 0 Å². The average Bonchev–Trinajstić information content (AvgIpc) is 3.12. The van der Waals surface area contributed by atoms with Crippen molar-refractivity contribution in [2.75, 3.05) is 39.3 Å². The zero-order valence-electron chi connectivity index (χ0n) is 15.2. The van der Waals surface area contributed by atoms with Crippen molar-refractivity contribution in [1.82, 2.24) is 14.7 Å². The van der Waals surface area contributed by atoms with Crippen molar-refractivity contribution in [1.29, 1.82) is 0 Å². The summed E-state index contributed by atoms with van der Waals surface area (Å²) in [5.41, 5.74) is 0. The molecule has 0 unspecified atom stereocenters. The lowest BCUT2D eigenvalue weighted by molar-refractivity contribution is -0.140. The molecule has 0 N–H and O–H groups in total. The number of piperazine rings is 1. The average molecular weight is 349 g/mol.